The summed E-state index contributed by atoms with van der Waals surface area (Å²) in [6, 6.07) is -1.02. The molecular weight excluding hydrogens is 1510 g/mol. The molecule has 1 unspecified atom stereocenters. The minimum absolute atomic E-state index is 0.0403. The number of carbonyl (C=O) groups is 12. The predicted molar refractivity (Wildman–Crippen MR) is 450 cm³/mol. The first-order valence-electron chi connectivity index (χ1n) is 41.1. The molecule has 5 rings (SSSR count). The number of nitrogens with one attached hydrogen (secondary N) is 1. The summed E-state index contributed by atoms with van der Waals surface area (Å²) in [5.41, 5.74) is -2.50. The molecule has 1 N–H and O–H groups in total. The predicted octanol–water partition coefficient (Wildman–Crippen LogP) is 13.4. The van der Waals surface area contributed by atoms with Gasteiger partial charge in [-0.05, 0) is 19.8 Å². The number of hydrogen-bond acceptors (Lipinski definition) is 27. The molecule has 0 fully saturated rings. The number of ether oxygens (including phenoxy) is 4. The second-order valence-electron chi connectivity index (χ2n) is 40.1. The van der Waals surface area contributed by atoms with Crippen molar-refractivity contribution in [2.75, 3.05) is 65.9 Å². The smallest absolute Gasteiger partial charge is 0.222 e. The van der Waals surface area contributed by atoms with Crippen molar-refractivity contribution in [2.45, 2.75) is 311 Å². The van der Waals surface area contributed by atoms with Gasteiger partial charge in [0.2, 0.25) is 5.91 Å². The average molecular weight is 1660 g/mol. The molecule has 666 valence electrons. The van der Waals surface area contributed by atoms with Crippen LogP contribution < -0.4 is 5.32 Å². The highest BCUT2D eigenvalue weighted by atomic mass is 16.5. The van der Waals surface area contributed by atoms with Gasteiger partial charge in [0.25, 0.3) is 0 Å². The molecular formula is C86H146N16O16. The van der Waals surface area contributed by atoms with Gasteiger partial charge in [0.15, 0.2) is 46.5 Å². The minimum atomic E-state index is -0.563. The Balaban J connectivity index is 0.000000816. The SMILES string of the molecule is CC(=O)[C@H](CCCCCC(=O)CCOCCn1cc(C(=O)C(C)(C)C)nn1)NC(=O)CCOCCN1CC(C(=O)C(C)(C)C)N=N1.CC(C)(C)C(=O)C(C)(C)C.CC(C)(C)C(=O)CCOCCC(=O)C(C)(C)C.CC(C)(C)C(=O)Cn1cc(C(=O)C(C)(C)C)nn1.CC(C)(C)C(=O)c1cn(CCOCCn2cc(C(=O)C(C)(C)C)nn2)nn1. The molecule has 32 nitrogen and oxygen atoms in total. The first-order chi connectivity index (χ1) is 53.8. The van der Waals surface area contributed by atoms with Crippen molar-refractivity contribution in [3.05, 3.63) is 47.6 Å². The van der Waals surface area contributed by atoms with Crippen LogP contribution >= 0.6 is 0 Å². The lowest BCUT2D eigenvalue weighted by atomic mass is 9.76. The largest absolute Gasteiger partial charge is 0.381 e. The second-order valence-corrected chi connectivity index (χ2v) is 40.1. The molecule has 4 aromatic heterocycles. The van der Waals surface area contributed by atoms with Crippen molar-refractivity contribution < 1.29 is 76.5 Å². The average Bonchev–Trinajstić information content (AvgIpc) is 1.64. The van der Waals surface area contributed by atoms with Crippen LogP contribution in [0.3, 0.4) is 0 Å². The maximum atomic E-state index is 12.4. The summed E-state index contributed by atoms with van der Waals surface area (Å²) in [4.78, 5) is 144. The molecule has 118 heavy (non-hydrogen) atoms. The van der Waals surface area contributed by atoms with Gasteiger partial charge in [-0.3, -0.25) is 62.5 Å². The van der Waals surface area contributed by atoms with Gasteiger partial charge >= 0.3 is 0 Å². The summed E-state index contributed by atoms with van der Waals surface area (Å²) in [6.45, 7) is 63.2. The fraction of sp³-hybridized carbons (Fsp3) is 0.767. The van der Waals surface area contributed by atoms with Crippen LogP contribution in [0.1, 0.15) is 314 Å². The highest BCUT2D eigenvalue weighted by molar-refractivity contribution is 5.99. The van der Waals surface area contributed by atoms with E-state index in [1.807, 2.05) is 208 Å². The summed E-state index contributed by atoms with van der Waals surface area (Å²) in [5, 5.41) is 43.9. The second kappa shape index (κ2) is 47.6. The first kappa shape index (κ1) is 108. The third-order valence-corrected chi connectivity index (χ3v) is 17.8. The zero-order chi connectivity index (χ0) is 91.0. The molecule has 0 spiro atoms. The molecule has 5 heterocycles. The zero-order valence-corrected chi connectivity index (χ0v) is 77.5. The van der Waals surface area contributed by atoms with Crippen LogP contribution in [0.25, 0.3) is 0 Å². The fourth-order valence-electron chi connectivity index (χ4n) is 10.3. The summed E-state index contributed by atoms with van der Waals surface area (Å²) in [7, 11) is 0. The molecule has 0 saturated carbocycles. The van der Waals surface area contributed by atoms with Crippen LogP contribution in [-0.2, 0) is 83.5 Å². The van der Waals surface area contributed by atoms with E-state index >= 15 is 0 Å². The van der Waals surface area contributed by atoms with E-state index in [9.17, 15) is 57.5 Å². The van der Waals surface area contributed by atoms with Gasteiger partial charge in [-0.25, -0.2) is 18.7 Å². The maximum Gasteiger partial charge on any atom is 0.222 e. The lowest BCUT2D eigenvalue weighted by molar-refractivity contribution is -0.134. The maximum absolute atomic E-state index is 12.4. The number of rotatable bonds is 39. The van der Waals surface area contributed by atoms with Crippen molar-refractivity contribution >= 4 is 69.5 Å². The molecule has 0 saturated heterocycles. The van der Waals surface area contributed by atoms with Gasteiger partial charge in [0.05, 0.1) is 116 Å². The van der Waals surface area contributed by atoms with Crippen LogP contribution in [0.4, 0.5) is 0 Å². The standard InChI is InChI=1S/C32H53N7O7.C18H28N6O3.C14H26O3.C13H21N3O2.C9H18O/c1-23(40)25(33-28(42)14-18-46-20-16-39-22-27(35-37-39)30(44)32(5,6)7)12-10-8-9-11-24(41)13-17-45-19-15-38-21-26(34-36-38)29(43)31(2,3)4;1-17(2,3)15(25)13-11-23(21-19-13)7-9-27-10-8-24-12-14(20-22-24)16(26)18(4,5)6;1-13(2,3)11(15)7-9-17-10-8-12(16)14(4,5)6;1-12(2,3)10(17)8-16-7-9(14-15-16)11(18)13(4,5)6;1-8(2,3)7(10)9(4,5)6/h21,25,27H,8-20,22H2,1-7H3,(H,33,42);11-12H,7-10H2,1-6H3;7-10H2,1-6H3;7H,8H2,1-6H3;1-6H3/t25-,27?;;;;/m0..../s1. The molecule has 0 bridgehead atoms. The van der Waals surface area contributed by atoms with E-state index in [-0.39, 0.29) is 105 Å². The molecule has 32 heteroatoms. The van der Waals surface area contributed by atoms with E-state index < -0.39 is 44.6 Å². The van der Waals surface area contributed by atoms with E-state index in [0.29, 0.717) is 152 Å². The van der Waals surface area contributed by atoms with E-state index in [1.165, 1.54) is 17.8 Å². The van der Waals surface area contributed by atoms with E-state index in [4.69, 9.17) is 18.9 Å². The number of nitrogens with zero attached hydrogens (tertiary/aromatic N) is 15. The third kappa shape index (κ3) is 43.0. The number of carbonyl (C=O) groups excluding carboxylic acids is 12. The van der Waals surface area contributed by atoms with Crippen molar-refractivity contribution in [1.82, 2.24) is 70.3 Å². The normalized spacial score (nSPS) is 13.8. The summed E-state index contributed by atoms with van der Waals surface area (Å²) in [5.74, 6) is 0.342. The zero-order valence-electron chi connectivity index (χ0n) is 77.5. The van der Waals surface area contributed by atoms with Gasteiger partial charge in [0, 0.05) is 86.3 Å². The molecule has 0 aromatic carbocycles. The number of aromatic nitrogens is 12. The van der Waals surface area contributed by atoms with Crippen LogP contribution in [0.15, 0.2) is 35.1 Å². The van der Waals surface area contributed by atoms with E-state index in [2.05, 4.69) is 56.9 Å². The van der Waals surface area contributed by atoms with Crippen molar-refractivity contribution in [3.8, 4) is 0 Å². The lowest BCUT2D eigenvalue weighted by Gasteiger charge is -2.26. The van der Waals surface area contributed by atoms with Gasteiger partial charge in [-0.15, -0.1) is 20.4 Å². The van der Waals surface area contributed by atoms with Crippen LogP contribution in [0.2, 0.25) is 0 Å². The third-order valence-electron chi connectivity index (χ3n) is 17.8. The molecule has 2 atom stereocenters. The lowest BCUT2D eigenvalue weighted by Crippen LogP contribution is -2.40. The van der Waals surface area contributed by atoms with Crippen molar-refractivity contribution in [3.63, 3.8) is 0 Å². The van der Waals surface area contributed by atoms with Crippen LogP contribution in [0.5, 0.6) is 0 Å². The Kier molecular flexibility index (Phi) is 43.4. The van der Waals surface area contributed by atoms with Gasteiger partial charge in [0.1, 0.15) is 52.5 Å². The summed E-state index contributed by atoms with van der Waals surface area (Å²) < 4.78 is 28.2. The molecule has 0 aliphatic carbocycles. The molecule has 1 aliphatic heterocycles. The van der Waals surface area contributed by atoms with Gasteiger partial charge in [-0.1, -0.05) is 247 Å². The minimum Gasteiger partial charge on any atom is -0.381 e. The highest BCUT2D eigenvalue weighted by Crippen LogP contribution is 2.29. The Labute approximate surface area is 701 Å². The quantitative estimate of drug-likeness (QED) is 0.0320. The van der Waals surface area contributed by atoms with E-state index in [1.54, 1.807) is 37.6 Å². The Morgan fingerprint density at radius 3 is 1.04 bits per heavy atom. The van der Waals surface area contributed by atoms with Crippen molar-refractivity contribution in [1.29, 1.82) is 0 Å². The molecule has 1 amide bonds. The first-order valence-corrected chi connectivity index (χ1v) is 41.1. The van der Waals surface area contributed by atoms with Gasteiger partial charge < -0.3 is 24.3 Å². The molecule has 4 aromatic rings. The number of amides is 1. The van der Waals surface area contributed by atoms with Crippen LogP contribution in [-0.4, -0.2) is 213 Å². The Morgan fingerprint density at radius 1 is 0.373 bits per heavy atom. The number of Topliss-reactive ketones (excluding diaryl/α,β-unsaturated/α-hetero) is 11. The van der Waals surface area contributed by atoms with Gasteiger partial charge in [-0.2, -0.15) is 5.11 Å². The fourth-order valence-corrected chi connectivity index (χ4v) is 10.3. The van der Waals surface area contributed by atoms with Crippen molar-refractivity contribution in [2.24, 2.45) is 64.5 Å². The Bertz CT molecular complexity index is 3810. The summed E-state index contributed by atoms with van der Waals surface area (Å²) >= 11 is 0. The monoisotopic (exact) mass is 1660 g/mol. The number of unbranched alkanes of at least 4 members (excludes halogenated alkanes) is 2. The highest BCUT2D eigenvalue weighted by Gasteiger charge is 2.36. The summed E-state index contributed by atoms with van der Waals surface area (Å²) in [6.07, 6.45) is 10.9. The van der Waals surface area contributed by atoms with E-state index in [0.717, 1.165) is 6.42 Å². The molecule has 0 radical (unpaired) electrons. The Morgan fingerprint density at radius 2 is 0.703 bits per heavy atom. The van der Waals surface area contributed by atoms with Crippen LogP contribution in [0, 0.1) is 54.1 Å². The topological polar surface area (TPSA) is 405 Å². The number of hydrogen-bond donors (Lipinski definition) is 1. The Hall–Kier alpha value is -8.36. The molecule has 1 aliphatic rings. The number of ketones is 11.